The maximum Gasteiger partial charge on any atom is 0.326 e. The molecule has 0 radical (unpaired) electrons. The maximum atomic E-state index is 11.5. The predicted octanol–water partition coefficient (Wildman–Crippen LogP) is 3.34. The van der Waals surface area contributed by atoms with E-state index in [2.05, 4.69) is 10.3 Å². The van der Waals surface area contributed by atoms with Crippen LogP contribution in [0, 0.1) is 0 Å². The summed E-state index contributed by atoms with van der Waals surface area (Å²) in [4.78, 5) is 15.9. The zero-order chi connectivity index (χ0) is 15.4. The van der Waals surface area contributed by atoms with Crippen molar-refractivity contribution in [3.8, 4) is 0 Å². The number of rotatable bonds is 5. The first-order valence-corrected chi connectivity index (χ1v) is 7.11. The Morgan fingerprint density at radius 1 is 1.00 bits per heavy atom. The van der Waals surface area contributed by atoms with E-state index in [-0.39, 0.29) is 0 Å². The third kappa shape index (κ3) is 3.23. The average molecular weight is 292 g/mol. The number of benzene rings is 2. The van der Waals surface area contributed by atoms with Crippen LogP contribution in [0.25, 0.3) is 10.9 Å². The molecule has 1 unspecified atom stereocenters. The Labute approximate surface area is 128 Å². The van der Waals surface area contributed by atoms with Crippen molar-refractivity contribution < 1.29 is 9.90 Å². The van der Waals surface area contributed by atoms with Crippen molar-refractivity contribution in [3.05, 3.63) is 72.3 Å². The Morgan fingerprint density at radius 3 is 2.50 bits per heavy atom. The van der Waals surface area contributed by atoms with Gasteiger partial charge in [0.05, 0.1) is 5.52 Å². The summed E-state index contributed by atoms with van der Waals surface area (Å²) in [5.74, 6) is -0.319. The Balaban J connectivity index is 1.81. The molecule has 1 aromatic heterocycles. The molecular weight excluding hydrogens is 276 g/mol. The minimum Gasteiger partial charge on any atom is -0.480 e. The van der Waals surface area contributed by atoms with E-state index in [9.17, 15) is 9.90 Å². The van der Waals surface area contributed by atoms with Crippen LogP contribution in [-0.2, 0) is 11.2 Å². The Hall–Kier alpha value is -2.88. The lowest BCUT2D eigenvalue weighted by molar-refractivity contribution is -0.137. The molecule has 0 saturated carbocycles. The fraction of sp³-hybridized carbons (Fsp3) is 0.111. The fourth-order valence-electron chi connectivity index (χ4n) is 2.37. The van der Waals surface area contributed by atoms with Crippen molar-refractivity contribution >= 4 is 22.7 Å². The fourth-order valence-corrected chi connectivity index (χ4v) is 2.37. The largest absolute Gasteiger partial charge is 0.480 e. The Kier molecular flexibility index (Phi) is 4.01. The van der Waals surface area contributed by atoms with Crippen LogP contribution in [0.3, 0.4) is 0 Å². The van der Waals surface area contributed by atoms with E-state index in [4.69, 9.17) is 0 Å². The van der Waals surface area contributed by atoms with Crippen molar-refractivity contribution in [1.29, 1.82) is 0 Å². The molecule has 4 nitrogen and oxygen atoms in total. The number of anilines is 1. The summed E-state index contributed by atoms with van der Waals surface area (Å²) in [6.07, 6.45) is 0.407. The molecule has 1 heterocycles. The van der Waals surface area contributed by atoms with E-state index in [1.807, 2.05) is 66.7 Å². The molecule has 3 rings (SSSR count). The molecular formula is C18H16N2O2. The normalized spacial score (nSPS) is 12.0. The maximum absolute atomic E-state index is 11.5. The van der Waals surface area contributed by atoms with Gasteiger partial charge in [0.1, 0.15) is 11.9 Å². The minimum absolute atomic E-state index is 0.407. The summed E-state index contributed by atoms with van der Waals surface area (Å²) in [5, 5.41) is 13.5. The summed E-state index contributed by atoms with van der Waals surface area (Å²) in [6.45, 7) is 0. The van der Waals surface area contributed by atoms with Gasteiger partial charge in [-0.2, -0.15) is 0 Å². The molecule has 0 fully saturated rings. The van der Waals surface area contributed by atoms with Gasteiger partial charge in [-0.1, -0.05) is 48.5 Å². The van der Waals surface area contributed by atoms with E-state index in [0.29, 0.717) is 12.2 Å². The van der Waals surface area contributed by atoms with E-state index in [0.717, 1.165) is 16.5 Å². The number of aromatic nitrogens is 1. The molecule has 0 aliphatic heterocycles. The molecule has 0 aliphatic rings. The van der Waals surface area contributed by atoms with Crippen LogP contribution in [0.1, 0.15) is 5.56 Å². The highest BCUT2D eigenvalue weighted by molar-refractivity contribution is 5.81. The van der Waals surface area contributed by atoms with Gasteiger partial charge in [-0.15, -0.1) is 0 Å². The van der Waals surface area contributed by atoms with Crippen LogP contribution >= 0.6 is 0 Å². The van der Waals surface area contributed by atoms with Gasteiger partial charge in [0, 0.05) is 11.8 Å². The van der Waals surface area contributed by atoms with E-state index >= 15 is 0 Å². The number of aliphatic carboxylic acids is 1. The zero-order valence-electron chi connectivity index (χ0n) is 11.9. The number of hydrogen-bond acceptors (Lipinski definition) is 3. The first-order valence-electron chi connectivity index (χ1n) is 7.11. The molecule has 0 spiro atoms. The SMILES string of the molecule is O=C(O)C(Cc1ccccc1)Nc1ccc2ccccc2n1. The van der Waals surface area contributed by atoms with Crippen molar-refractivity contribution in [3.63, 3.8) is 0 Å². The summed E-state index contributed by atoms with van der Waals surface area (Å²) in [5.41, 5.74) is 1.82. The first kappa shape index (κ1) is 14.1. The lowest BCUT2D eigenvalue weighted by atomic mass is 10.1. The highest BCUT2D eigenvalue weighted by Crippen LogP contribution is 2.16. The van der Waals surface area contributed by atoms with Crippen LogP contribution in [0.2, 0.25) is 0 Å². The minimum atomic E-state index is -0.890. The topological polar surface area (TPSA) is 62.2 Å². The molecule has 22 heavy (non-hydrogen) atoms. The van der Waals surface area contributed by atoms with Crippen LogP contribution in [0.15, 0.2) is 66.7 Å². The number of carbonyl (C=O) groups is 1. The van der Waals surface area contributed by atoms with E-state index < -0.39 is 12.0 Å². The molecule has 2 N–H and O–H groups in total. The van der Waals surface area contributed by atoms with Gasteiger partial charge in [-0.3, -0.25) is 0 Å². The molecule has 0 aliphatic carbocycles. The molecule has 0 bridgehead atoms. The summed E-state index contributed by atoms with van der Waals surface area (Å²) in [6, 6.07) is 20.4. The predicted molar refractivity (Wildman–Crippen MR) is 86.9 cm³/mol. The third-order valence-electron chi connectivity index (χ3n) is 3.50. The lowest BCUT2D eigenvalue weighted by Gasteiger charge is -2.15. The van der Waals surface area contributed by atoms with Gasteiger partial charge in [0.2, 0.25) is 0 Å². The lowest BCUT2D eigenvalue weighted by Crippen LogP contribution is -2.31. The highest BCUT2D eigenvalue weighted by Gasteiger charge is 2.18. The van der Waals surface area contributed by atoms with Crippen LogP contribution in [0.5, 0.6) is 0 Å². The average Bonchev–Trinajstić information content (AvgIpc) is 2.55. The molecule has 3 aromatic rings. The Bertz CT molecular complexity index is 787. The Morgan fingerprint density at radius 2 is 1.73 bits per heavy atom. The quantitative estimate of drug-likeness (QED) is 0.757. The van der Waals surface area contributed by atoms with Crippen LogP contribution < -0.4 is 5.32 Å². The number of nitrogens with zero attached hydrogens (tertiary/aromatic N) is 1. The summed E-state index contributed by atoms with van der Waals surface area (Å²) >= 11 is 0. The monoisotopic (exact) mass is 292 g/mol. The van der Waals surface area contributed by atoms with Crippen molar-refractivity contribution in [2.24, 2.45) is 0 Å². The second kappa shape index (κ2) is 6.26. The highest BCUT2D eigenvalue weighted by atomic mass is 16.4. The van der Waals surface area contributed by atoms with Gasteiger partial charge >= 0.3 is 5.97 Å². The van der Waals surface area contributed by atoms with Crippen molar-refractivity contribution in [1.82, 2.24) is 4.98 Å². The van der Waals surface area contributed by atoms with Crippen LogP contribution in [-0.4, -0.2) is 22.1 Å². The first-order chi connectivity index (χ1) is 10.7. The molecule has 0 amide bonds. The summed E-state index contributed by atoms with van der Waals surface area (Å²) in [7, 11) is 0. The number of hydrogen-bond donors (Lipinski definition) is 2. The summed E-state index contributed by atoms with van der Waals surface area (Å²) < 4.78 is 0. The molecule has 2 aromatic carbocycles. The second-order valence-corrected chi connectivity index (χ2v) is 5.11. The van der Waals surface area contributed by atoms with Crippen molar-refractivity contribution in [2.45, 2.75) is 12.5 Å². The number of pyridine rings is 1. The van der Waals surface area contributed by atoms with Gasteiger partial charge in [0.25, 0.3) is 0 Å². The third-order valence-corrected chi connectivity index (χ3v) is 3.50. The van der Waals surface area contributed by atoms with E-state index in [1.165, 1.54) is 0 Å². The second-order valence-electron chi connectivity index (χ2n) is 5.11. The van der Waals surface area contributed by atoms with Gasteiger partial charge < -0.3 is 10.4 Å². The number of para-hydroxylation sites is 1. The van der Waals surface area contributed by atoms with Gasteiger partial charge in [-0.25, -0.2) is 9.78 Å². The number of fused-ring (bicyclic) bond motifs is 1. The van der Waals surface area contributed by atoms with Gasteiger partial charge in [-0.05, 0) is 23.8 Å². The molecule has 0 saturated heterocycles. The van der Waals surface area contributed by atoms with Crippen molar-refractivity contribution in [2.75, 3.05) is 5.32 Å². The van der Waals surface area contributed by atoms with Crippen LogP contribution in [0.4, 0.5) is 5.82 Å². The van der Waals surface area contributed by atoms with Gasteiger partial charge in [0.15, 0.2) is 0 Å². The number of nitrogens with one attached hydrogen (secondary N) is 1. The smallest absolute Gasteiger partial charge is 0.326 e. The molecule has 1 atom stereocenters. The zero-order valence-corrected chi connectivity index (χ0v) is 11.9. The van der Waals surface area contributed by atoms with E-state index in [1.54, 1.807) is 0 Å². The number of carboxylic acids is 1. The molecule has 4 heteroatoms. The number of carboxylic acid groups (broad SMARTS) is 1. The standard InChI is InChI=1S/C18H16N2O2/c21-18(22)16(12-13-6-2-1-3-7-13)20-17-11-10-14-8-4-5-9-15(14)19-17/h1-11,16H,12H2,(H,19,20)(H,21,22). The molecule has 110 valence electrons.